The van der Waals surface area contributed by atoms with Crippen LogP contribution < -0.4 is 5.32 Å². The summed E-state index contributed by atoms with van der Waals surface area (Å²) in [6.45, 7) is 4.16. The van der Waals surface area contributed by atoms with Crippen LogP contribution in [0.1, 0.15) is 56.4 Å². The molecule has 1 aromatic heterocycles. The van der Waals surface area contributed by atoms with Gasteiger partial charge < -0.3 is 9.84 Å². The monoisotopic (exact) mass is 277 g/mol. The number of hydrogen-bond acceptors (Lipinski definition) is 4. The maximum absolute atomic E-state index is 5.43. The molecule has 0 unspecified atom stereocenters. The van der Waals surface area contributed by atoms with Crippen LogP contribution in [0, 0.1) is 5.41 Å². The number of aromatic nitrogens is 1. The van der Waals surface area contributed by atoms with E-state index in [9.17, 15) is 0 Å². The van der Waals surface area contributed by atoms with Crippen molar-refractivity contribution in [1.29, 1.82) is 0 Å². The number of piperidine rings is 1. The zero-order chi connectivity index (χ0) is 13.8. The standard InChI is InChI=1S/C16H27N3O/c1-17-12-14-11-15(20-18-14)13-19-9-7-16(8-10-19)5-3-2-4-6-16/h11,17H,2-10,12-13H2,1H3. The molecule has 20 heavy (non-hydrogen) atoms. The Hall–Kier alpha value is -0.870. The third-order valence-electron chi connectivity index (χ3n) is 5.18. The van der Waals surface area contributed by atoms with Gasteiger partial charge in [0.1, 0.15) is 0 Å². The van der Waals surface area contributed by atoms with Gasteiger partial charge >= 0.3 is 0 Å². The summed E-state index contributed by atoms with van der Waals surface area (Å²) >= 11 is 0. The van der Waals surface area contributed by atoms with E-state index in [-0.39, 0.29) is 0 Å². The van der Waals surface area contributed by atoms with Gasteiger partial charge in [0.15, 0.2) is 5.76 Å². The highest BCUT2D eigenvalue weighted by Crippen LogP contribution is 2.44. The Morgan fingerprint density at radius 1 is 1.20 bits per heavy atom. The Bertz CT molecular complexity index is 413. The minimum absolute atomic E-state index is 0.688. The fourth-order valence-corrected chi connectivity index (χ4v) is 3.90. The van der Waals surface area contributed by atoms with Crippen LogP contribution in [0.3, 0.4) is 0 Å². The van der Waals surface area contributed by atoms with Crippen molar-refractivity contribution in [2.75, 3.05) is 20.1 Å². The Balaban J connectivity index is 1.50. The van der Waals surface area contributed by atoms with E-state index >= 15 is 0 Å². The van der Waals surface area contributed by atoms with Crippen molar-refractivity contribution in [2.24, 2.45) is 5.41 Å². The van der Waals surface area contributed by atoms with E-state index in [1.807, 2.05) is 7.05 Å². The van der Waals surface area contributed by atoms with Gasteiger partial charge in [0.05, 0.1) is 12.2 Å². The molecule has 1 aliphatic carbocycles. The van der Waals surface area contributed by atoms with Crippen LogP contribution in [0.4, 0.5) is 0 Å². The average Bonchev–Trinajstić information content (AvgIpc) is 2.91. The Labute approximate surface area is 121 Å². The summed E-state index contributed by atoms with van der Waals surface area (Å²) < 4.78 is 5.43. The molecule has 1 saturated heterocycles. The first-order chi connectivity index (χ1) is 9.80. The van der Waals surface area contributed by atoms with Gasteiger partial charge in [0, 0.05) is 12.6 Å². The van der Waals surface area contributed by atoms with Crippen LogP contribution in [0.25, 0.3) is 0 Å². The van der Waals surface area contributed by atoms with Crippen molar-refractivity contribution in [1.82, 2.24) is 15.4 Å². The van der Waals surface area contributed by atoms with Crippen molar-refractivity contribution in [3.8, 4) is 0 Å². The van der Waals surface area contributed by atoms with Crippen molar-refractivity contribution in [2.45, 2.75) is 58.0 Å². The molecule has 4 heteroatoms. The van der Waals surface area contributed by atoms with E-state index < -0.39 is 0 Å². The van der Waals surface area contributed by atoms with E-state index in [1.54, 1.807) is 0 Å². The molecule has 112 valence electrons. The summed E-state index contributed by atoms with van der Waals surface area (Å²) in [7, 11) is 1.93. The molecule has 2 fully saturated rings. The molecule has 1 aliphatic heterocycles. The molecule has 3 rings (SSSR count). The summed E-state index contributed by atoms with van der Waals surface area (Å²) in [4.78, 5) is 2.53. The van der Waals surface area contributed by atoms with Gasteiger partial charge in [-0.1, -0.05) is 24.4 Å². The van der Waals surface area contributed by atoms with Crippen molar-refractivity contribution in [3.05, 3.63) is 17.5 Å². The maximum atomic E-state index is 5.43. The van der Waals surface area contributed by atoms with E-state index in [2.05, 4.69) is 21.4 Å². The van der Waals surface area contributed by atoms with Crippen molar-refractivity contribution in [3.63, 3.8) is 0 Å². The molecule has 1 spiro atoms. The van der Waals surface area contributed by atoms with Crippen molar-refractivity contribution >= 4 is 0 Å². The fourth-order valence-electron chi connectivity index (χ4n) is 3.90. The van der Waals surface area contributed by atoms with Gasteiger partial charge in [-0.2, -0.15) is 0 Å². The van der Waals surface area contributed by atoms with Crippen LogP contribution in [0.2, 0.25) is 0 Å². The smallest absolute Gasteiger partial charge is 0.151 e. The highest BCUT2D eigenvalue weighted by atomic mass is 16.5. The van der Waals surface area contributed by atoms with E-state index in [4.69, 9.17) is 4.52 Å². The molecule has 0 amide bonds. The predicted octanol–water partition coefficient (Wildman–Crippen LogP) is 2.94. The highest BCUT2D eigenvalue weighted by Gasteiger charge is 2.35. The SMILES string of the molecule is CNCc1cc(CN2CCC3(CCCCC3)CC2)on1. The number of rotatable bonds is 4. The zero-order valence-corrected chi connectivity index (χ0v) is 12.7. The molecule has 4 nitrogen and oxygen atoms in total. The lowest BCUT2D eigenvalue weighted by Gasteiger charge is -2.44. The van der Waals surface area contributed by atoms with E-state index in [1.165, 1.54) is 58.0 Å². The second-order valence-electron chi connectivity index (χ2n) is 6.65. The average molecular weight is 277 g/mol. The van der Waals surface area contributed by atoms with Crippen LogP contribution in [-0.2, 0) is 13.1 Å². The zero-order valence-electron chi connectivity index (χ0n) is 12.7. The largest absolute Gasteiger partial charge is 0.360 e. The summed E-state index contributed by atoms with van der Waals surface area (Å²) in [5.41, 5.74) is 1.69. The lowest BCUT2D eigenvalue weighted by Crippen LogP contribution is -2.40. The van der Waals surface area contributed by atoms with E-state index in [0.29, 0.717) is 5.41 Å². The first-order valence-corrected chi connectivity index (χ1v) is 8.11. The maximum Gasteiger partial charge on any atom is 0.151 e. The topological polar surface area (TPSA) is 41.3 Å². The lowest BCUT2D eigenvalue weighted by molar-refractivity contribution is 0.0598. The van der Waals surface area contributed by atoms with Gasteiger partial charge in [-0.25, -0.2) is 0 Å². The van der Waals surface area contributed by atoms with Gasteiger partial charge in [-0.3, -0.25) is 4.90 Å². The third-order valence-corrected chi connectivity index (χ3v) is 5.18. The number of nitrogens with zero attached hydrogens (tertiary/aromatic N) is 2. The number of hydrogen-bond donors (Lipinski definition) is 1. The lowest BCUT2D eigenvalue weighted by atomic mass is 9.68. The molecule has 1 aromatic rings. The van der Waals surface area contributed by atoms with Gasteiger partial charge in [0.2, 0.25) is 0 Å². The van der Waals surface area contributed by atoms with Crippen molar-refractivity contribution < 1.29 is 4.52 Å². The molecule has 2 aliphatic rings. The Kier molecular flexibility index (Phi) is 4.41. The fraction of sp³-hybridized carbons (Fsp3) is 0.812. The Morgan fingerprint density at radius 3 is 2.65 bits per heavy atom. The molecule has 1 saturated carbocycles. The molecular weight excluding hydrogens is 250 g/mol. The highest BCUT2D eigenvalue weighted by molar-refractivity contribution is 5.05. The minimum atomic E-state index is 0.688. The molecule has 1 N–H and O–H groups in total. The molecule has 0 radical (unpaired) electrons. The first kappa shape index (κ1) is 14.1. The van der Waals surface area contributed by atoms with Gasteiger partial charge in [-0.05, 0) is 51.2 Å². The molecule has 0 bridgehead atoms. The minimum Gasteiger partial charge on any atom is -0.360 e. The molecule has 0 atom stereocenters. The molecule has 2 heterocycles. The van der Waals surface area contributed by atoms with Gasteiger partial charge in [0.25, 0.3) is 0 Å². The van der Waals surface area contributed by atoms with Crippen LogP contribution in [-0.4, -0.2) is 30.2 Å². The second kappa shape index (κ2) is 6.27. The summed E-state index contributed by atoms with van der Waals surface area (Å²) in [5, 5.41) is 7.19. The summed E-state index contributed by atoms with van der Waals surface area (Å²) in [5.74, 6) is 1.01. The predicted molar refractivity (Wildman–Crippen MR) is 79.3 cm³/mol. The van der Waals surface area contributed by atoms with Crippen LogP contribution in [0.15, 0.2) is 10.6 Å². The van der Waals surface area contributed by atoms with Crippen LogP contribution in [0.5, 0.6) is 0 Å². The normalized spacial score (nSPS) is 23.2. The van der Waals surface area contributed by atoms with Crippen LogP contribution >= 0.6 is 0 Å². The van der Waals surface area contributed by atoms with Gasteiger partial charge in [-0.15, -0.1) is 0 Å². The quantitative estimate of drug-likeness (QED) is 0.918. The van der Waals surface area contributed by atoms with E-state index in [0.717, 1.165) is 24.5 Å². The number of nitrogens with one attached hydrogen (secondary N) is 1. The number of likely N-dealkylation sites (tertiary alicyclic amines) is 1. The molecule has 0 aromatic carbocycles. The first-order valence-electron chi connectivity index (χ1n) is 8.11. The molecular formula is C16H27N3O. The summed E-state index contributed by atoms with van der Waals surface area (Å²) in [6.07, 6.45) is 10.1. The third kappa shape index (κ3) is 3.23. The second-order valence-corrected chi connectivity index (χ2v) is 6.65. The Morgan fingerprint density at radius 2 is 1.95 bits per heavy atom. The summed E-state index contributed by atoms with van der Waals surface area (Å²) in [6, 6.07) is 2.08.